The lowest BCUT2D eigenvalue weighted by atomic mass is 10.2. The summed E-state index contributed by atoms with van der Waals surface area (Å²) in [4.78, 5) is 74.4. The van der Waals surface area contributed by atoms with E-state index in [2.05, 4.69) is 4.74 Å². The molecule has 0 bridgehead atoms. The molecule has 1 aromatic carbocycles. The number of carbonyl (C=O) groups is 6. The second-order valence-corrected chi connectivity index (χ2v) is 8.21. The van der Waals surface area contributed by atoms with Crippen molar-refractivity contribution in [2.24, 2.45) is 0 Å². The number of benzene rings is 1. The highest BCUT2D eigenvalue weighted by Crippen LogP contribution is 2.30. The molecular formula is C21H17F5N2O8. The summed E-state index contributed by atoms with van der Waals surface area (Å²) in [7, 11) is 0. The van der Waals surface area contributed by atoms with Gasteiger partial charge < -0.3 is 9.47 Å². The van der Waals surface area contributed by atoms with Crippen molar-refractivity contribution in [3.8, 4) is 5.75 Å². The van der Waals surface area contributed by atoms with Gasteiger partial charge in [0.15, 0.2) is 0 Å². The fourth-order valence-electron chi connectivity index (χ4n) is 2.73. The minimum Gasteiger partial charge on any atom is -0.443 e. The highest BCUT2D eigenvalue weighted by molar-refractivity contribution is 6.20. The SMILES string of the molecule is CC(=O)CN(C(=O)OC(C)(C)C)C(=O)C(C(=O)Oc1c(F)c(F)c(F)c(F)c1F)N1C(=O)C=CC1=O. The number of rotatable bonds is 6. The number of esters is 1. The van der Waals surface area contributed by atoms with Gasteiger partial charge in [-0.3, -0.25) is 24.1 Å². The molecule has 1 unspecified atom stereocenters. The third kappa shape index (κ3) is 5.72. The largest absolute Gasteiger partial charge is 0.443 e. The van der Waals surface area contributed by atoms with Gasteiger partial charge in [0.1, 0.15) is 11.4 Å². The van der Waals surface area contributed by atoms with Crippen LogP contribution >= 0.6 is 0 Å². The van der Waals surface area contributed by atoms with E-state index in [1.165, 1.54) is 20.8 Å². The number of ketones is 1. The molecule has 0 aromatic heterocycles. The average molecular weight is 520 g/mol. The van der Waals surface area contributed by atoms with Crippen molar-refractivity contribution in [1.82, 2.24) is 9.80 Å². The molecule has 0 radical (unpaired) electrons. The van der Waals surface area contributed by atoms with E-state index in [-0.39, 0.29) is 9.80 Å². The van der Waals surface area contributed by atoms with Gasteiger partial charge >= 0.3 is 12.1 Å². The summed E-state index contributed by atoms with van der Waals surface area (Å²) in [5.74, 6) is -22.4. The smallest absolute Gasteiger partial charge is 0.417 e. The molecule has 1 aliphatic rings. The van der Waals surface area contributed by atoms with Gasteiger partial charge in [0, 0.05) is 12.2 Å². The van der Waals surface area contributed by atoms with Crippen LogP contribution in [0.5, 0.6) is 5.75 Å². The Morgan fingerprint density at radius 3 is 1.75 bits per heavy atom. The van der Waals surface area contributed by atoms with Crippen LogP contribution < -0.4 is 4.74 Å². The van der Waals surface area contributed by atoms with Crippen LogP contribution in [0, 0.1) is 29.1 Å². The van der Waals surface area contributed by atoms with Crippen LogP contribution in [-0.4, -0.2) is 63.6 Å². The van der Waals surface area contributed by atoms with E-state index in [9.17, 15) is 50.7 Å². The minimum absolute atomic E-state index is 0.0108. The summed E-state index contributed by atoms with van der Waals surface area (Å²) < 4.78 is 77.6. The maximum absolute atomic E-state index is 14.0. The Bertz CT molecular complexity index is 1160. The van der Waals surface area contributed by atoms with E-state index in [0.717, 1.165) is 6.92 Å². The predicted molar refractivity (Wildman–Crippen MR) is 105 cm³/mol. The lowest BCUT2D eigenvalue weighted by Crippen LogP contribution is -2.58. The van der Waals surface area contributed by atoms with E-state index < -0.39 is 88.6 Å². The fourth-order valence-corrected chi connectivity index (χ4v) is 2.73. The molecule has 1 aromatic rings. The van der Waals surface area contributed by atoms with E-state index in [1.54, 1.807) is 0 Å². The van der Waals surface area contributed by atoms with Gasteiger partial charge in [-0.2, -0.15) is 8.78 Å². The number of halogens is 5. The zero-order valence-electron chi connectivity index (χ0n) is 19.0. The molecule has 0 fully saturated rings. The Hall–Kier alpha value is -4.17. The third-order valence-electron chi connectivity index (χ3n) is 4.19. The molecule has 0 saturated carbocycles. The van der Waals surface area contributed by atoms with Crippen molar-refractivity contribution < 1.29 is 60.2 Å². The number of hydrogen-bond donors (Lipinski definition) is 0. The van der Waals surface area contributed by atoms with E-state index in [1.807, 2.05) is 0 Å². The van der Waals surface area contributed by atoms with Gasteiger partial charge in [-0.25, -0.2) is 27.7 Å². The number of Topliss-reactive ketones (excluding diaryl/α,β-unsaturated/α-hetero) is 1. The van der Waals surface area contributed by atoms with Gasteiger partial charge in [-0.05, 0) is 27.7 Å². The molecule has 0 spiro atoms. The van der Waals surface area contributed by atoms with Crippen molar-refractivity contribution in [2.75, 3.05) is 6.54 Å². The first-order valence-electron chi connectivity index (χ1n) is 9.80. The minimum atomic E-state index is -2.83. The lowest BCUT2D eigenvalue weighted by molar-refractivity contribution is -0.160. The first kappa shape index (κ1) is 28.1. The van der Waals surface area contributed by atoms with Crippen LogP contribution in [0.3, 0.4) is 0 Å². The highest BCUT2D eigenvalue weighted by Gasteiger charge is 2.47. The lowest BCUT2D eigenvalue weighted by Gasteiger charge is -2.30. The molecule has 0 aliphatic carbocycles. The van der Waals surface area contributed by atoms with Gasteiger partial charge in [-0.15, -0.1) is 0 Å². The molecule has 0 saturated heterocycles. The average Bonchev–Trinajstić information content (AvgIpc) is 3.09. The van der Waals surface area contributed by atoms with Crippen molar-refractivity contribution in [1.29, 1.82) is 0 Å². The third-order valence-corrected chi connectivity index (χ3v) is 4.19. The van der Waals surface area contributed by atoms with Crippen molar-refractivity contribution in [3.63, 3.8) is 0 Å². The molecule has 2 rings (SSSR count). The summed E-state index contributed by atoms with van der Waals surface area (Å²) in [5, 5.41) is 0. The summed E-state index contributed by atoms with van der Waals surface area (Å²) >= 11 is 0. The topological polar surface area (TPSA) is 127 Å². The second kappa shape index (κ2) is 10.2. The number of ether oxygens (including phenoxy) is 2. The van der Waals surface area contributed by atoms with Gasteiger partial charge in [-0.1, -0.05) is 0 Å². The van der Waals surface area contributed by atoms with Gasteiger partial charge in [0.05, 0.1) is 6.54 Å². The molecule has 15 heteroatoms. The van der Waals surface area contributed by atoms with E-state index >= 15 is 0 Å². The van der Waals surface area contributed by atoms with Crippen LogP contribution in [0.4, 0.5) is 26.7 Å². The predicted octanol–water partition coefficient (Wildman–Crippen LogP) is 1.93. The van der Waals surface area contributed by atoms with Crippen molar-refractivity contribution >= 4 is 35.6 Å². The number of imide groups is 2. The highest BCUT2D eigenvalue weighted by atomic mass is 19.2. The first-order chi connectivity index (χ1) is 16.5. The van der Waals surface area contributed by atoms with Crippen molar-refractivity contribution in [2.45, 2.75) is 39.3 Å². The van der Waals surface area contributed by atoms with Crippen LogP contribution in [-0.2, 0) is 28.7 Å². The van der Waals surface area contributed by atoms with E-state index in [0.29, 0.717) is 12.2 Å². The van der Waals surface area contributed by atoms with Crippen LogP contribution in [0.1, 0.15) is 27.7 Å². The zero-order valence-corrected chi connectivity index (χ0v) is 19.0. The number of nitrogens with zero attached hydrogens (tertiary/aromatic N) is 2. The summed E-state index contributed by atoms with van der Waals surface area (Å²) in [6.45, 7) is 3.97. The van der Waals surface area contributed by atoms with Crippen LogP contribution in [0.2, 0.25) is 0 Å². The van der Waals surface area contributed by atoms with Crippen LogP contribution in [0.15, 0.2) is 12.2 Å². The van der Waals surface area contributed by atoms with Crippen LogP contribution in [0.25, 0.3) is 0 Å². The number of hydrogen-bond acceptors (Lipinski definition) is 8. The molecule has 194 valence electrons. The molecule has 1 heterocycles. The Kier molecular flexibility index (Phi) is 7.96. The quantitative estimate of drug-likeness (QED) is 0.106. The Morgan fingerprint density at radius 1 is 0.889 bits per heavy atom. The van der Waals surface area contributed by atoms with Gasteiger partial charge in [0.2, 0.25) is 40.9 Å². The fraction of sp³-hybridized carbons (Fsp3) is 0.333. The zero-order chi connectivity index (χ0) is 27.7. The molecular weight excluding hydrogens is 503 g/mol. The number of carbonyl (C=O) groups excluding carboxylic acids is 6. The molecule has 0 N–H and O–H groups in total. The maximum atomic E-state index is 14.0. The Balaban J connectivity index is 2.60. The number of amides is 4. The summed E-state index contributed by atoms with van der Waals surface area (Å²) in [6.07, 6.45) is -0.363. The standard InChI is InChI=1S/C21H17F5N2O8/c1-8(29)7-27(20(34)36-21(2,3)4)18(32)16(28-9(30)5-6-10(28)31)19(33)35-17-14(25)12(23)11(22)13(24)15(17)26/h5-6,16H,7H2,1-4H3. The summed E-state index contributed by atoms with van der Waals surface area (Å²) in [6, 6.07) is -2.83. The normalized spacial score (nSPS) is 14.1. The molecule has 36 heavy (non-hydrogen) atoms. The van der Waals surface area contributed by atoms with Gasteiger partial charge in [0.25, 0.3) is 17.7 Å². The molecule has 1 atom stereocenters. The molecule has 4 amide bonds. The van der Waals surface area contributed by atoms with Crippen molar-refractivity contribution in [3.05, 3.63) is 41.2 Å². The molecule has 1 aliphatic heterocycles. The summed E-state index contributed by atoms with van der Waals surface area (Å²) in [5.41, 5.74) is -1.25. The Labute approximate surface area is 199 Å². The molecule has 10 nitrogen and oxygen atoms in total. The Morgan fingerprint density at radius 2 is 1.33 bits per heavy atom. The second-order valence-electron chi connectivity index (χ2n) is 8.21. The first-order valence-corrected chi connectivity index (χ1v) is 9.80. The maximum Gasteiger partial charge on any atom is 0.417 e. The van der Waals surface area contributed by atoms with E-state index in [4.69, 9.17) is 4.74 Å². The monoisotopic (exact) mass is 520 g/mol.